The molecule has 0 aromatic carbocycles. The Morgan fingerprint density at radius 3 is 2.67 bits per heavy atom. The van der Waals surface area contributed by atoms with Crippen LogP contribution < -0.4 is 0 Å². The van der Waals surface area contributed by atoms with E-state index in [0.29, 0.717) is 0 Å². The van der Waals surface area contributed by atoms with Gasteiger partial charge in [-0.2, -0.15) is 0 Å². The molecule has 0 aliphatic rings. The standard InChI is InChI=1S/C3H8BIS4/c1-2-3-4-8(6)9(5)7/h9H,2-3H2,1H3. The Morgan fingerprint density at radius 1 is 1.78 bits per heavy atom. The maximum atomic E-state index is 5.12. The first-order valence-electron chi connectivity index (χ1n) is 2.55. The van der Waals surface area contributed by atoms with Crippen LogP contribution in [0.3, 0.4) is 0 Å². The summed E-state index contributed by atoms with van der Waals surface area (Å²) in [6.07, 6.45) is 4.50. The molecule has 0 aliphatic heterocycles. The molecule has 0 aliphatic carbocycles. The number of halogens is 1. The van der Waals surface area contributed by atoms with Gasteiger partial charge in [-0.3, -0.25) is 0 Å². The summed E-state index contributed by atoms with van der Waals surface area (Å²) in [4.78, 5) is 0. The fraction of sp³-hybridized carbons (Fsp3) is 1.00. The van der Waals surface area contributed by atoms with E-state index in [1.165, 1.54) is 6.42 Å². The predicted octanol–water partition coefficient (Wildman–Crippen LogP) is 1.59. The van der Waals surface area contributed by atoms with E-state index < -0.39 is 0 Å². The van der Waals surface area contributed by atoms with Crippen LogP contribution in [0.15, 0.2) is 0 Å². The second-order valence-corrected chi connectivity index (χ2v) is 15.5. The monoisotopic (exact) mass is 310 g/mol. The average Bonchev–Trinajstić information content (AvgIpc) is 1.82. The van der Waals surface area contributed by atoms with Gasteiger partial charge < -0.3 is 0 Å². The van der Waals surface area contributed by atoms with Crippen LogP contribution >= 0.6 is 21.2 Å². The van der Waals surface area contributed by atoms with Crippen LogP contribution in [0.5, 0.6) is 0 Å². The number of hydrogen-bond acceptors (Lipinski definition) is 2. The summed E-state index contributed by atoms with van der Waals surface area (Å²) in [6.45, 7) is 2.15. The number of hydrogen-bond donors (Lipinski definition) is 1. The van der Waals surface area contributed by atoms with Crippen molar-refractivity contribution in [1.29, 1.82) is 0 Å². The molecule has 0 rings (SSSR count). The molecule has 6 heteroatoms. The second kappa shape index (κ2) is 6.51. The summed E-state index contributed by atoms with van der Waals surface area (Å²) in [5, 5.41) is -0.333. The van der Waals surface area contributed by atoms with Crippen LogP contribution in [0.2, 0.25) is 6.32 Å². The summed E-state index contributed by atoms with van der Waals surface area (Å²) in [5.74, 6) is 0. The molecule has 54 valence electrons. The second-order valence-electron chi connectivity index (χ2n) is 1.44. The Bertz CT molecular complexity index is 247. The molecule has 0 spiro atoms. The van der Waals surface area contributed by atoms with Crippen molar-refractivity contribution in [1.82, 2.24) is 0 Å². The molecule has 0 amide bonds. The van der Waals surface area contributed by atoms with E-state index in [9.17, 15) is 0 Å². The van der Waals surface area contributed by atoms with Gasteiger partial charge in [-0.05, 0) is 0 Å². The van der Waals surface area contributed by atoms with Crippen LogP contribution in [-0.2, 0) is 35.0 Å². The molecule has 0 aromatic heterocycles. The van der Waals surface area contributed by atoms with Crippen LogP contribution in [0.4, 0.5) is 0 Å². The first-order chi connectivity index (χ1) is 4.18. The predicted molar refractivity (Wildman–Crippen MR) is 65.7 cm³/mol. The molecule has 9 heavy (non-hydrogen) atoms. The zero-order valence-electron chi connectivity index (χ0n) is 5.04. The van der Waals surface area contributed by atoms with Gasteiger partial charge in [-0.25, -0.2) is 0 Å². The summed E-state index contributed by atoms with van der Waals surface area (Å²) >= 11 is 12.4. The molecule has 0 radical (unpaired) electrons. The molecule has 0 aromatic rings. The quantitative estimate of drug-likeness (QED) is 0.356. The fourth-order valence-corrected chi connectivity index (χ4v) is 3.78. The molecular formula is C3H8BIS4. The van der Waals surface area contributed by atoms with Crippen molar-refractivity contribution in [2.24, 2.45) is 0 Å². The summed E-state index contributed by atoms with van der Waals surface area (Å²) < 4.78 is 0. The Labute approximate surface area is 81.1 Å². The van der Waals surface area contributed by atoms with Gasteiger partial charge in [0.05, 0.1) is 0 Å². The molecule has 1 unspecified atom stereocenters. The number of thiol groups is 1. The summed E-state index contributed by atoms with van der Waals surface area (Å²) in [7, 11) is 0.00301. The van der Waals surface area contributed by atoms with Crippen molar-refractivity contribution in [2.45, 2.75) is 19.7 Å². The minimum absolute atomic E-state index is 0.00301. The van der Waals surface area contributed by atoms with Crippen LogP contribution in [0.1, 0.15) is 13.3 Å². The molecule has 0 N–H and O–H groups in total. The van der Waals surface area contributed by atoms with Gasteiger partial charge in [0, 0.05) is 0 Å². The van der Waals surface area contributed by atoms with E-state index in [0.717, 1.165) is 6.32 Å². The van der Waals surface area contributed by atoms with Gasteiger partial charge in [0.25, 0.3) is 0 Å². The Morgan fingerprint density at radius 2 is 2.33 bits per heavy atom. The van der Waals surface area contributed by atoms with E-state index in [1.807, 2.05) is 0 Å². The first-order valence-corrected chi connectivity index (χ1v) is 10.5. The van der Waals surface area contributed by atoms with Gasteiger partial charge in [-0.15, -0.1) is 0 Å². The fourth-order valence-electron chi connectivity index (χ4n) is 0.277. The van der Waals surface area contributed by atoms with Crippen LogP contribution in [0.25, 0.3) is 0 Å². The van der Waals surface area contributed by atoms with Gasteiger partial charge >= 0.3 is 82.0 Å². The molecule has 0 fully saturated rings. The Balaban J connectivity index is 4.39. The molecular weight excluding hydrogens is 302 g/mol. The maximum absolute atomic E-state index is 5.12. The van der Waals surface area contributed by atoms with E-state index in [-0.39, 0.29) is 12.6 Å². The van der Waals surface area contributed by atoms with Crippen molar-refractivity contribution in [3.05, 3.63) is 0 Å². The van der Waals surface area contributed by atoms with Crippen LogP contribution in [0, 0.1) is 0 Å². The van der Waals surface area contributed by atoms with Crippen LogP contribution in [-0.4, -0.2) is 6.15 Å². The number of rotatable bonds is 2. The zero-order chi connectivity index (χ0) is 7.28. The van der Waals surface area contributed by atoms with Crippen molar-refractivity contribution < 1.29 is 0 Å². The molecule has 0 saturated carbocycles. The van der Waals surface area contributed by atoms with Gasteiger partial charge in [0.2, 0.25) is 0 Å². The van der Waals surface area contributed by atoms with Crippen molar-refractivity contribution >= 4 is 62.4 Å². The normalized spacial score (nSPS) is 12.2. The van der Waals surface area contributed by atoms with Crippen molar-refractivity contribution in [2.75, 3.05) is 0 Å². The molecule has 0 bridgehead atoms. The SMILES string of the molecule is CCCB=S(=S)=[SH](=S)I. The molecule has 1 atom stereocenters. The average molecular weight is 310 g/mol. The van der Waals surface area contributed by atoms with Gasteiger partial charge in [-0.1, -0.05) is 0 Å². The summed E-state index contributed by atoms with van der Waals surface area (Å²) in [5.41, 5.74) is 0. The Hall–Kier alpha value is 1.80. The van der Waals surface area contributed by atoms with E-state index >= 15 is 0 Å². The van der Waals surface area contributed by atoms with Crippen molar-refractivity contribution in [3.63, 3.8) is 0 Å². The molecule has 0 nitrogen and oxygen atoms in total. The van der Waals surface area contributed by atoms with Gasteiger partial charge in [0.1, 0.15) is 0 Å². The third-order valence-electron chi connectivity index (χ3n) is 0.691. The van der Waals surface area contributed by atoms with E-state index in [2.05, 4.69) is 34.3 Å². The zero-order valence-corrected chi connectivity index (χ0v) is 10.5. The topological polar surface area (TPSA) is 0 Å². The molecule has 0 heterocycles. The van der Waals surface area contributed by atoms with Gasteiger partial charge in [0.15, 0.2) is 0 Å². The van der Waals surface area contributed by atoms with Crippen molar-refractivity contribution in [3.8, 4) is 0 Å². The minimum atomic E-state index is -0.333. The van der Waals surface area contributed by atoms with E-state index in [1.54, 1.807) is 0 Å². The Kier molecular flexibility index (Phi) is 7.82. The summed E-state index contributed by atoms with van der Waals surface area (Å²) in [6, 6.07) is 0. The first kappa shape index (κ1) is 10.8. The molecule has 0 saturated heterocycles. The van der Waals surface area contributed by atoms with E-state index in [4.69, 9.17) is 22.4 Å². The third-order valence-corrected chi connectivity index (χ3v) is 13.1. The third kappa shape index (κ3) is 6.21.